The van der Waals surface area contributed by atoms with Crippen LogP contribution in [-0.4, -0.2) is 34.1 Å². The largest absolute Gasteiger partial charge is 0.511 e. The van der Waals surface area contributed by atoms with Crippen LogP contribution in [0.5, 0.6) is 0 Å². The van der Waals surface area contributed by atoms with Gasteiger partial charge in [0.15, 0.2) is 5.78 Å². The lowest BCUT2D eigenvalue weighted by Crippen LogP contribution is -2.29. The molecule has 0 aromatic carbocycles. The Labute approximate surface area is 165 Å². The average Bonchev–Trinajstić information content (AvgIpc) is 2.58. The maximum Gasteiger partial charge on any atom is 0.168 e. The van der Waals surface area contributed by atoms with E-state index in [1.165, 1.54) is 25.7 Å². The Kier molecular flexibility index (Phi) is 12.0. The molecule has 0 bridgehead atoms. The van der Waals surface area contributed by atoms with Crippen molar-refractivity contribution in [2.24, 2.45) is 10.9 Å². The van der Waals surface area contributed by atoms with Crippen molar-refractivity contribution in [1.29, 1.82) is 0 Å². The van der Waals surface area contributed by atoms with E-state index in [2.05, 4.69) is 20.8 Å². The van der Waals surface area contributed by atoms with E-state index in [0.717, 1.165) is 43.7 Å². The molecule has 0 aromatic heterocycles. The van der Waals surface area contributed by atoms with Gasteiger partial charge < -0.3 is 5.11 Å². The van der Waals surface area contributed by atoms with E-state index in [1.54, 1.807) is 0 Å². The number of rotatable bonds is 12. The fraction of sp³-hybridized carbons (Fsp3) is 0.818. The van der Waals surface area contributed by atoms with Gasteiger partial charge in [0.2, 0.25) is 0 Å². The maximum absolute atomic E-state index is 12.7. The second-order valence-corrected chi connectivity index (χ2v) is 9.23. The molecular formula is C22H39NO2S. The molecule has 0 spiro atoms. The molecule has 1 aliphatic rings. The topological polar surface area (TPSA) is 49.7 Å². The molecule has 0 radical (unpaired) electrons. The van der Waals surface area contributed by atoms with E-state index in [-0.39, 0.29) is 11.5 Å². The van der Waals surface area contributed by atoms with Crippen LogP contribution < -0.4 is 0 Å². The number of aliphatic hydroxyl groups is 1. The van der Waals surface area contributed by atoms with Crippen LogP contribution in [0.3, 0.4) is 0 Å². The number of thioether (sulfide) groups is 1. The summed E-state index contributed by atoms with van der Waals surface area (Å²) < 4.78 is 0. The minimum absolute atomic E-state index is 0.102. The van der Waals surface area contributed by atoms with Crippen LogP contribution in [0, 0.1) is 5.92 Å². The summed E-state index contributed by atoms with van der Waals surface area (Å²) in [5, 5.41) is 11.0. The third-order valence-corrected chi connectivity index (χ3v) is 6.07. The van der Waals surface area contributed by atoms with Gasteiger partial charge in [-0.05, 0) is 37.4 Å². The van der Waals surface area contributed by atoms with Crippen molar-refractivity contribution in [3.05, 3.63) is 11.3 Å². The summed E-state index contributed by atoms with van der Waals surface area (Å²) in [4.78, 5) is 17.5. The Morgan fingerprint density at radius 1 is 1.15 bits per heavy atom. The van der Waals surface area contributed by atoms with Gasteiger partial charge in [0, 0.05) is 30.3 Å². The fourth-order valence-corrected chi connectivity index (χ4v) is 4.70. The molecule has 150 valence electrons. The molecule has 1 saturated carbocycles. The van der Waals surface area contributed by atoms with Crippen molar-refractivity contribution in [1.82, 2.24) is 0 Å². The van der Waals surface area contributed by atoms with E-state index in [1.807, 2.05) is 18.7 Å². The van der Waals surface area contributed by atoms with Gasteiger partial charge in [0.25, 0.3) is 0 Å². The number of unbranched alkanes of at least 4 members (excludes halogenated alkanes) is 4. The predicted molar refractivity (Wildman–Crippen MR) is 116 cm³/mol. The lowest BCUT2D eigenvalue weighted by atomic mass is 9.80. The zero-order valence-corrected chi connectivity index (χ0v) is 18.2. The molecule has 1 aliphatic carbocycles. The highest BCUT2D eigenvalue weighted by atomic mass is 32.2. The van der Waals surface area contributed by atoms with Gasteiger partial charge in [0.05, 0.1) is 5.57 Å². The Morgan fingerprint density at radius 2 is 1.88 bits per heavy atom. The summed E-state index contributed by atoms with van der Waals surface area (Å²) in [5.74, 6) is 1.85. The molecule has 1 N–H and O–H groups in total. The normalized spacial score (nSPS) is 22.7. The van der Waals surface area contributed by atoms with E-state index >= 15 is 0 Å². The standard InChI is InChI=1S/C22H39NO2S/c1-5-8-9-10-11-13-23-19-15-18(14-17(4)26-7-3)16-21(25)22(19)20(24)12-6-2/h17-18,24H,5-16H2,1-4H3. The van der Waals surface area contributed by atoms with Crippen molar-refractivity contribution in [2.75, 3.05) is 12.3 Å². The zero-order chi connectivity index (χ0) is 19.4. The first-order chi connectivity index (χ1) is 12.5. The van der Waals surface area contributed by atoms with Gasteiger partial charge in [-0.2, -0.15) is 11.8 Å². The highest BCUT2D eigenvalue weighted by molar-refractivity contribution is 7.99. The van der Waals surface area contributed by atoms with Gasteiger partial charge in [0.1, 0.15) is 5.76 Å². The lowest BCUT2D eigenvalue weighted by Gasteiger charge is -2.27. The minimum atomic E-state index is 0.102. The Balaban J connectivity index is 2.80. The number of carbonyl (C=O) groups excluding carboxylic acids is 1. The molecule has 3 nitrogen and oxygen atoms in total. The number of carbonyl (C=O) groups is 1. The monoisotopic (exact) mass is 381 g/mol. The fourth-order valence-electron chi connectivity index (χ4n) is 3.72. The van der Waals surface area contributed by atoms with E-state index < -0.39 is 0 Å². The summed E-state index contributed by atoms with van der Waals surface area (Å²) in [6, 6.07) is 0. The van der Waals surface area contributed by atoms with Crippen molar-refractivity contribution >= 4 is 23.3 Å². The first-order valence-corrected chi connectivity index (χ1v) is 11.7. The predicted octanol–water partition coefficient (Wildman–Crippen LogP) is 6.52. The summed E-state index contributed by atoms with van der Waals surface area (Å²) in [5.41, 5.74) is 1.42. The van der Waals surface area contributed by atoms with Gasteiger partial charge >= 0.3 is 0 Å². The van der Waals surface area contributed by atoms with Gasteiger partial charge in [-0.3, -0.25) is 9.79 Å². The van der Waals surface area contributed by atoms with E-state index in [9.17, 15) is 9.90 Å². The second kappa shape index (κ2) is 13.4. The number of aliphatic hydroxyl groups excluding tert-OH is 1. The highest BCUT2D eigenvalue weighted by Gasteiger charge is 2.31. The van der Waals surface area contributed by atoms with Gasteiger partial charge in [-0.25, -0.2) is 0 Å². The SMILES string of the molecule is CCCCCCCN=C1CC(CC(C)SCC)CC(=O)C1=C(O)CCC. The molecule has 0 aliphatic heterocycles. The first kappa shape index (κ1) is 23.3. The highest BCUT2D eigenvalue weighted by Crippen LogP contribution is 2.32. The quantitative estimate of drug-likeness (QED) is 0.238. The van der Waals surface area contributed by atoms with Crippen molar-refractivity contribution < 1.29 is 9.90 Å². The molecule has 0 saturated heterocycles. The number of Topliss-reactive ketones (excluding diaryl/α,β-unsaturated/α-hetero) is 1. The molecule has 4 heteroatoms. The minimum Gasteiger partial charge on any atom is -0.511 e. The third-order valence-electron chi connectivity index (χ3n) is 4.98. The molecule has 2 atom stereocenters. The lowest BCUT2D eigenvalue weighted by molar-refractivity contribution is -0.116. The molecule has 1 rings (SSSR count). The Hall–Kier alpha value is -0.770. The maximum atomic E-state index is 12.7. The van der Waals surface area contributed by atoms with Crippen LogP contribution >= 0.6 is 11.8 Å². The summed E-state index contributed by atoms with van der Waals surface area (Å²) >= 11 is 1.96. The van der Waals surface area contributed by atoms with E-state index in [0.29, 0.717) is 29.6 Å². The Bertz CT molecular complexity index is 485. The average molecular weight is 382 g/mol. The second-order valence-electron chi connectivity index (χ2n) is 7.51. The molecule has 2 unspecified atom stereocenters. The molecule has 1 fully saturated rings. The number of hydrogen-bond donors (Lipinski definition) is 1. The van der Waals surface area contributed by atoms with Crippen LogP contribution in [0.15, 0.2) is 16.3 Å². The molecular weight excluding hydrogens is 342 g/mol. The summed E-state index contributed by atoms with van der Waals surface area (Å²) in [6.45, 7) is 9.47. The van der Waals surface area contributed by atoms with Crippen molar-refractivity contribution in [3.63, 3.8) is 0 Å². The van der Waals surface area contributed by atoms with Crippen LogP contribution in [0.1, 0.15) is 91.9 Å². The number of ketones is 1. The van der Waals surface area contributed by atoms with Crippen molar-refractivity contribution in [3.8, 4) is 0 Å². The van der Waals surface area contributed by atoms with Crippen LogP contribution in [0.2, 0.25) is 0 Å². The third kappa shape index (κ3) is 8.28. The first-order valence-electron chi connectivity index (χ1n) is 10.6. The zero-order valence-electron chi connectivity index (χ0n) is 17.4. The Morgan fingerprint density at radius 3 is 2.54 bits per heavy atom. The molecule has 0 heterocycles. The molecule has 26 heavy (non-hydrogen) atoms. The molecule has 0 aromatic rings. The van der Waals surface area contributed by atoms with Gasteiger partial charge in [-0.15, -0.1) is 0 Å². The molecule has 0 amide bonds. The number of hydrogen-bond acceptors (Lipinski definition) is 4. The number of aliphatic imine (C=N–C) groups is 1. The van der Waals surface area contributed by atoms with Crippen LogP contribution in [0.25, 0.3) is 0 Å². The van der Waals surface area contributed by atoms with Crippen LogP contribution in [0.4, 0.5) is 0 Å². The van der Waals surface area contributed by atoms with E-state index in [4.69, 9.17) is 4.99 Å². The van der Waals surface area contributed by atoms with Gasteiger partial charge in [-0.1, -0.05) is 53.4 Å². The summed E-state index contributed by atoms with van der Waals surface area (Å²) in [7, 11) is 0. The smallest absolute Gasteiger partial charge is 0.168 e. The van der Waals surface area contributed by atoms with Crippen molar-refractivity contribution in [2.45, 2.75) is 97.2 Å². The number of allylic oxidation sites excluding steroid dienone is 2. The summed E-state index contributed by atoms with van der Waals surface area (Å²) in [6.07, 6.45) is 9.96. The van der Waals surface area contributed by atoms with Crippen LogP contribution in [-0.2, 0) is 4.79 Å². The number of nitrogens with zero attached hydrogens (tertiary/aromatic N) is 1.